The second-order valence-corrected chi connectivity index (χ2v) is 7.50. The molecule has 0 saturated carbocycles. The van der Waals surface area contributed by atoms with E-state index in [4.69, 9.17) is 13.9 Å². The van der Waals surface area contributed by atoms with E-state index in [9.17, 15) is 9.59 Å². The number of benzene rings is 1. The smallest absolute Gasteiger partial charge is 0.344 e. The molecule has 2 heterocycles. The van der Waals surface area contributed by atoms with Gasteiger partial charge in [-0.1, -0.05) is 0 Å². The molecular formula is C20H20N2O5S. The Balaban J connectivity index is 1.32. The first-order valence-corrected chi connectivity index (χ1v) is 10.0. The van der Waals surface area contributed by atoms with Gasteiger partial charge in [0, 0.05) is 29.7 Å². The summed E-state index contributed by atoms with van der Waals surface area (Å²) < 4.78 is 16.7. The van der Waals surface area contributed by atoms with Gasteiger partial charge in [0.15, 0.2) is 11.7 Å². The van der Waals surface area contributed by atoms with Crippen LogP contribution in [0.2, 0.25) is 0 Å². The highest BCUT2D eigenvalue weighted by atomic mass is 32.1. The Bertz CT molecular complexity index is 1020. The molecule has 0 aliphatic heterocycles. The van der Waals surface area contributed by atoms with E-state index in [-0.39, 0.29) is 19.1 Å². The number of fused-ring (bicyclic) bond motifs is 3. The van der Waals surface area contributed by atoms with Crippen molar-refractivity contribution in [2.45, 2.75) is 39.2 Å². The molecule has 7 nitrogen and oxygen atoms in total. The van der Waals surface area contributed by atoms with Crippen molar-refractivity contribution in [2.75, 3.05) is 11.9 Å². The van der Waals surface area contributed by atoms with Gasteiger partial charge >= 0.3 is 5.97 Å². The van der Waals surface area contributed by atoms with Crippen LogP contribution in [0.4, 0.5) is 5.13 Å². The Morgan fingerprint density at radius 1 is 1.29 bits per heavy atom. The Morgan fingerprint density at radius 3 is 3.00 bits per heavy atom. The lowest BCUT2D eigenvalue weighted by Crippen LogP contribution is -2.15. The van der Waals surface area contributed by atoms with E-state index in [1.165, 1.54) is 30.2 Å². The largest absolute Gasteiger partial charge is 0.482 e. The number of esters is 1. The summed E-state index contributed by atoms with van der Waals surface area (Å²) in [4.78, 5) is 27.1. The molecule has 3 aromatic rings. The third kappa shape index (κ3) is 4.17. The number of carbonyl (C=O) groups is 2. The van der Waals surface area contributed by atoms with Crippen LogP contribution in [0.3, 0.4) is 0 Å². The van der Waals surface area contributed by atoms with Gasteiger partial charge in [-0.3, -0.25) is 4.79 Å². The fourth-order valence-corrected chi connectivity index (χ4v) is 3.99. The summed E-state index contributed by atoms with van der Waals surface area (Å²) in [5, 5.41) is 5.86. The first-order valence-electron chi connectivity index (χ1n) is 9.13. The highest BCUT2D eigenvalue weighted by Gasteiger charge is 2.18. The van der Waals surface area contributed by atoms with Crippen LogP contribution >= 0.6 is 11.3 Å². The van der Waals surface area contributed by atoms with Crippen molar-refractivity contribution in [3.63, 3.8) is 0 Å². The lowest BCUT2D eigenvalue weighted by molar-refractivity contribution is -0.147. The molecule has 0 atom stereocenters. The maximum Gasteiger partial charge on any atom is 0.344 e. The van der Waals surface area contributed by atoms with Crippen LogP contribution in [0, 0.1) is 0 Å². The monoisotopic (exact) mass is 400 g/mol. The van der Waals surface area contributed by atoms with Crippen LogP contribution in [-0.2, 0) is 33.8 Å². The number of thiazole rings is 1. The van der Waals surface area contributed by atoms with Gasteiger partial charge in [-0.25, -0.2) is 9.78 Å². The van der Waals surface area contributed by atoms with Crippen molar-refractivity contribution in [3.8, 4) is 5.75 Å². The molecule has 1 N–H and O–H groups in total. The van der Waals surface area contributed by atoms with E-state index in [0.29, 0.717) is 16.6 Å². The number of aryl methyl sites for hydroxylation is 2. The van der Waals surface area contributed by atoms with Crippen molar-refractivity contribution < 1.29 is 23.5 Å². The van der Waals surface area contributed by atoms with Gasteiger partial charge in [-0.15, -0.1) is 11.3 Å². The number of hydrogen-bond acceptors (Lipinski definition) is 7. The first-order chi connectivity index (χ1) is 13.6. The van der Waals surface area contributed by atoms with Crippen LogP contribution in [0.5, 0.6) is 5.75 Å². The zero-order valence-corrected chi connectivity index (χ0v) is 16.3. The average molecular weight is 400 g/mol. The van der Waals surface area contributed by atoms with E-state index < -0.39 is 5.97 Å². The first kappa shape index (κ1) is 18.5. The molecule has 1 aliphatic rings. The fourth-order valence-electron chi connectivity index (χ4n) is 3.25. The Labute approximate surface area is 165 Å². The number of aromatic nitrogens is 1. The lowest BCUT2D eigenvalue weighted by atomic mass is 9.96. The predicted octanol–water partition coefficient (Wildman–Crippen LogP) is 3.85. The number of rotatable bonds is 6. The van der Waals surface area contributed by atoms with Crippen LogP contribution in [0.1, 0.15) is 36.8 Å². The van der Waals surface area contributed by atoms with Crippen molar-refractivity contribution >= 4 is 39.3 Å². The maximum atomic E-state index is 12.0. The van der Waals surface area contributed by atoms with Gasteiger partial charge in [-0.05, 0) is 37.5 Å². The molecule has 0 bridgehead atoms. The maximum absolute atomic E-state index is 12.0. The van der Waals surface area contributed by atoms with Crippen molar-refractivity contribution in [1.82, 2.24) is 4.98 Å². The zero-order chi connectivity index (χ0) is 19.5. The molecule has 2 aromatic heterocycles. The molecule has 0 fully saturated rings. The second-order valence-electron chi connectivity index (χ2n) is 6.64. The van der Waals surface area contributed by atoms with Gasteiger partial charge in [0.1, 0.15) is 23.7 Å². The molecule has 28 heavy (non-hydrogen) atoms. The van der Waals surface area contributed by atoms with E-state index in [1.54, 1.807) is 11.4 Å². The quantitative estimate of drug-likeness (QED) is 0.632. The number of furan rings is 1. The number of anilines is 1. The van der Waals surface area contributed by atoms with Gasteiger partial charge < -0.3 is 19.2 Å². The minimum Gasteiger partial charge on any atom is -0.482 e. The van der Waals surface area contributed by atoms with Gasteiger partial charge in [-0.2, -0.15) is 0 Å². The summed E-state index contributed by atoms with van der Waals surface area (Å²) in [6.07, 6.45) is 4.32. The molecule has 8 heteroatoms. The highest BCUT2D eigenvalue weighted by Crippen LogP contribution is 2.33. The summed E-state index contributed by atoms with van der Waals surface area (Å²) in [7, 11) is 0. The predicted molar refractivity (Wildman–Crippen MR) is 105 cm³/mol. The summed E-state index contributed by atoms with van der Waals surface area (Å²) >= 11 is 1.28. The van der Waals surface area contributed by atoms with E-state index in [2.05, 4.69) is 10.3 Å². The number of amides is 1. The van der Waals surface area contributed by atoms with Gasteiger partial charge in [0.2, 0.25) is 5.91 Å². The van der Waals surface area contributed by atoms with Gasteiger partial charge in [0.05, 0.1) is 5.69 Å². The number of carbonyl (C=O) groups excluding carboxylic acids is 2. The molecule has 0 unspecified atom stereocenters. The molecule has 0 radical (unpaired) electrons. The van der Waals surface area contributed by atoms with Crippen LogP contribution in [0.15, 0.2) is 28.0 Å². The Morgan fingerprint density at radius 2 is 2.14 bits per heavy atom. The minimum absolute atomic E-state index is 0.0343. The average Bonchev–Trinajstić information content (AvgIpc) is 3.28. The van der Waals surface area contributed by atoms with E-state index >= 15 is 0 Å². The summed E-state index contributed by atoms with van der Waals surface area (Å²) in [6, 6.07) is 5.61. The van der Waals surface area contributed by atoms with Crippen LogP contribution in [0.25, 0.3) is 11.0 Å². The molecule has 4 rings (SSSR count). The van der Waals surface area contributed by atoms with Crippen molar-refractivity contribution in [3.05, 3.63) is 40.6 Å². The zero-order valence-electron chi connectivity index (χ0n) is 15.4. The summed E-state index contributed by atoms with van der Waals surface area (Å²) in [5.74, 6) is 1.01. The molecular weight excluding hydrogens is 380 g/mol. The van der Waals surface area contributed by atoms with Crippen LogP contribution in [-0.4, -0.2) is 23.5 Å². The number of ether oxygens (including phenoxy) is 2. The Kier molecular flexibility index (Phi) is 5.29. The molecule has 0 spiro atoms. The van der Waals surface area contributed by atoms with Crippen molar-refractivity contribution in [1.29, 1.82) is 0 Å². The molecule has 1 aromatic carbocycles. The third-order valence-electron chi connectivity index (χ3n) is 4.50. The van der Waals surface area contributed by atoms with Gasteiger partial charge in [0.25, 0.3) is 0 Å². The molecule has 0 saturated heterocycles. The normalized spacial score (nSPS) is 13.2. The number of nitrogens with zero attached hydrogens (tertiary/aromatic N) is 1. The standard InChI is InChI=1S/C20H20N2O5S/c1-12(23)21-20-22-13(11-28-20)9-26-19(24)10-25-14-6-7-18-16(8-14)15-4-2-3-5-17(15)27-18/h6-8,11H,2-5,9-10H2,1H3,(H,21,22,23). The fraction of sp³-hybridized carbons (Fsp3) is 0.350. The summed E-state index contributed by atoms with van der Waals surface area (Å²) in [6.45, 7) is 1.26. The Hall–Kier alpha value is -2.87. The minimum atomic E-state index is -0.483. The summed E-state index contributed by atoms with van der Waals surface area (Å²) in [5.41, 5.74) is 2.70. The van der Waals surface area contributed by atoms with Crippen LogP contribution < -0.4 is 10.1 Å². The number of hydrogen-bond donors (Lipinski definition) is 1. The third-order valence-corrected chi connectivity index (χ3v) is 5.31. The number of nitrogens with one attached hydrogen (secondary N) is 1. The molecule has 1 amide bonds. The van der Waals surface area contributed by atoms with Crippen molar-refractivity contribution in [2.24, 2.45) is 0 Å². The second kappa shape index (κ2) is 8.02. The lowest BCUT2D eigenvalue weighted by Gasteiger charge is -2.09. The van der Waals surface area contributed by atoms with E-state index in [1.807, 2.05) is 12.1 Å². The van der Waals surface area contributed by atoms with E-state index in [0.717, 1.165) is 36.0 Å². The molecule has 146 valence electrons. The SMILES string of the molecule is CC(=O)Nc1nc(COC(=O)COc2ccc3oc4c(c3c2)CCCC4)cs1. The highest BCUT2D eigenvalue weighted by molar-refractivity contribution is 7.13. The molecule has 1 aliphatic carbocycles. The topological polar surface area (TPSA) is 90.7 Å².